The molecular formula is C58H83NO18. The Balaban J connectivity index is 1.37. The van der Waals surface area contributed by atoms with Gasteiger partial charge in [-0.25, -0.2) is 4.79 Å². The molecule has 1 amide bonds. The van der Waals surface area contributed by atoms with E-state index < -0.39 is 127 Å². The minimum absolute atomic E-state index is 0.0451. The molecule has 1 aromatic carbocycles. The maximum Gasteiger partial charge on any atom is 0.328 e. The van der Waals surface area contributed by atoms with E-state index in [4.69, 9.17) is 52.5 Å². The maximum atomic E-state index is 14.8. The van der Waals surface area contributed by atoms with E-state index in [9.17, 15) is 34.8 Å². The molecule has 0 bridgehead atoms. The van der Waals surface area contributed by atoms with Gasteiger partial charge in [0.15, 0.2) is 18.7 Å². The molecule has 4 saturated heterocycles. The third kappa shape index (κ3) is 17.1. The van der Waals surface area contributed by atoms with Crippen LogP contribution >= 0.6 is 0 Å². The molecule has 4 heterocycles. The standard InChI is InChI=1S/C58H83NO18/c1-11-12-16-27-46-57(6,7)54(65)55(75-48(63)30-39-24-17-15-18-25-39)58(67,77-46)40(34-71-49-33-45(69-9)53(38(5)73-49)76-50-32-44(68-8)51(64)37(4)72-50)56(66)59-29-22-21-23-35(2)52(70-10)36(3)43-31-41(60)42(74-43)26-19-13-14-20-28-47(61)62/h11-28,36-38,40-46,49-55,60,64-65,67H,29-34H2,1-10H3,(H,59,66)(H,61,62)/b12-11+,14-13+,22-21+,26-19+,27-16+,28-20+,35-23+/t36?,37-,38-,40?,41?,42?,43?,44+,45-,46-,49+,50+,51-,52?,53+,54-,55+,58+/m0/s1. The Morgan fingerprint density at radius 1 is 0.857 bits per heavy atom. The van der Waals surface area contributed by atoms with Crippen molar-refractivity contribution in [3.63, 3.8) is 0 Å². The number of amides is 1. The van der Waals surface area contributed by atoms with E-state index >= 15 is 0 Å². The van der Waals surface area contributed by atoms with Crippen LogP contribution in [0.5, 0.6) is 0 Å². The summed E-state index contributed by atoms with van der Waals surface area (Å²) in [5.74, 6) is -7.12. The molecule has 18 atom stereocenters. The number of methoxy groups -OCH3 is 3. The summed E-state index contributed by atoms with van der Waals surface area (Å²) in [7, 11) is 4.62. The summed E-state index contributed by atoms with van der Waals surface area (Å²) in [5.41, 5.74) is 0.294. The zero-order valence-corrected chi connectivity index (χ0v) is 46.0. The lowest BCUT2D eigenvalue weighted by atomic mass is 9.71. The highest BCUT2D eigenvalue weighted by Gasteiger charge is 2.63. The van der Waals surface area contributed by atoms with Gasteiger partial charge in [-0.1, -0.05) is 124 Å². The first-order valence-electron chi connectivity index (χ1n) is 26.3. The van der Waals surface area contributed by atoms with Crippen molar-refractivity contribution in [2.75, 3.05) is 34.5 Å². The van der Waals surface area contributed by atoms with Gasteiger partial charge in [0, 0.05) is 64.5 Å². The van der Waals surface area contributed by atoms with Crippen LogP contribution in [0.2, 0.25) is 0 Å². The molecule has 19 heteroatoms. The molecule has 1 aromatic rings. The van der Waals surface area contributed by atoms with Crippen LogP contribution in [0.3, 0.4) is 0 Å². The summed E-state index contributed by atoms with van der Waals surface area (Å²) in [6.45, 7) is 12.0. The second-order valence-corrected chi connectivity index (χ2v) is 20.6. The minimum Gasteiger partial charge on any atom is -0.478 e. The topological polar surface area (TPSA) is 257 Å². The fraction of sp³-hybridized carbons (Fsp3) is 0.603. The number of allylic oxidation sites excluding steroid dienone is 9. The van der Waals surface area contributed by atoms with Gasteiger partial charge in [-0.2, -0.15) is 0 Å². The number of rotatable bonds is 25. The van der Waals surface area contributed by atoms with Crippen LogP contribution in [-0.2, 0) is 68.2 Å². The predicted octanol–water partition coefficient (Wildman–Crippen LogP) is 4.97. The average Bonchev–Trinajstić information content (AvgIpc) is 3.78. The number of carbonyl (C=O) groups excluding carboxylic acids is 2. The number of carboxylic acid groups (broad SMARTS) is 1. The maximum absolute atomic E-state index is 14.8. The first-order valence-corrected chi connectivity index (χ1v) is 26.3. The Bertz CT molecular complexity index is 2240. The van der Waals surface area contributed by atoms with E-state index in [1.165, 1.54) is 20.3 Å². The number of carbonyl (C=O) groups is 3. The van der Waals surface area contributed by atoms with Crippen molar-refractivity contribution in [3.8, 4) is 0 Å². The predicted molar refractivity (Wildman–Crippen MR) is 284 cm³/mol. The normalized spacial score (nSPS) is 34.4. The Morgan fingerprint density at radius 3 is 2.21 bits per heavy atom. The fourth-order valence-corrected chi connectivity index (χ4v) is 10.1. The van der Waals surface area contributed by atoms with Gasteiger partial charge in [0.05, 0.1) is 61.9 Å². The van der Waals surface area contributed by atoms with Gasteiger partial charge in [0.25, 0.3) is 0 Å². The molecule has 19 nitrogen and oxygen atoms in total. The van der Waals surface area contributed by atoms with Gasteiger partial charge >= 0.3 is 11.9 Å². The smallest absolute Gasteiger partial charge is 0.328 e. The van der Waals surface area contributed by atoms with Crippen LogP contribution in [0.15, 0.2) is 115 Å². The van der Waals surface area contributed by atoms with Crippen LogP contribution in [0.1, 0.15) is 73.3 Å². The number of carboxylic acids is 1. The Kier molecular flexibility index (Phi) is 24.6. The molecule has 0 aliphatic carbocycles. The summed E-state index contributed by atoms with van der Waals surface area (Å²) in [5, 5.41) is 58.2. The summed E-state index contributed by atoms with van der Waals surface area (Å²) < 4.78 is 61.1. The quantitative estimate of drug-likeness (QED) is 0.0429. The molecule has 77 heavy (non-hydrogen) atoms. The van der Waals surface area contributed by atoms with Crippen molar-refractivity contribution in [1.29, 1.82) is 0 Å². The lowest BCUT2D eigenvalue weighted by Gasteiger charge is -2.54. The number of aliphatic carboxylic acids is 1. The summed E-state index contributed by atoms with van der Waals surface area (Å²) >= 11 is 0. The third-order valence-electron chi connectivity index (χ3n) is 14.7. The number of aliphatic hydroxyl groups excluding tert-OH is 3. The molecule has 0 saturated carbocycles. The van der Waals surface area contributed by atoms with Gasteiger partial charge in [-0.15, -0.1) is 0 Å². The molecule has 0 spiro atoms. The number of nitrogens with one attached hydrogen (secondary N) is 1. The van der Waals surface area contributed by atoms with Crippen LogP contribution in [0.4, 0.5) is 0 Å². The third-order valence-corrected chi connectivity index (χ3v) is 14.7. The van der Waals surface area contributed by atoms with Gasteiger partial charge in [-0.05, 0) is 38.8 Å². The number of hydrogen-bond acceptors (Lipinski definition) is 17. The van der Waals surface area contributed by atoms with Crippen LogP contribution < -0.4 is 5.32 Å². The molecular weight excluding hydrogens is 999 g/mol. The lowest BCUT2D eigenvalue weighted by Crippen LogP contribution is -2.71. The van der Waals surface area contributed by atoms with E-state index in [-0.39, 0.29) is 37.8 Å². The summed E-state index contributed by atoms with van der Waals surface area (Å²) in [6, 6.07) is 8.83. The summed E-state index contributed by atoms with van der Waals surface area (Å²) in [6.07, 6.45) is 9.73. The van der Waals surface area contributed by atoms with E-state index in [1.807, 2.05) is 26.8 Å². The Hall–Kier alpha value is -4.71. The minimum atomic E-state index is -2.69. The molecule has 6 unspecified atom stereocenters. The van der Waals surface area contributed by atoms with Crippen molar-refractivity contribution in [1.82, 2.24) is 5.32 Å². The van der Waals surface area contributed by atoms with E-state index in [2.05, 4.69) is 5.32 Å². The number of aliphatic hydroxyl groups is 4. The molecule has 4 aliphatic rings. The second-order valence-electron chi connectivity index (χ2n) is 20.6. The van der Waals surface area contributed by atoms with Crippen molar-refractivity contribution in [2.45, 2.75) is 172 Å². The van der Waals surface area contributed by atoms with Gasteiger partial charge in [0.2, 0.25) is 11.7 Å². The molecule has 0 radical (unpaired) electrons. The molecule has 428 valence electrons. The fourth-order valence-electron chi connectivity index (χ4n) is 10.1. The molecule has 4 fully saturated rings. The zero-order chi connectivity index (χ0) is 56.5. The highest BCUT2D eigenvalue weighted by molar-refractivity contribution is 5.81. The Morgan fingerprint density at radius 2 is 1.53 bits per heavy atom. The molecule has 0 aromatic heterocycles. The highest BCUT2D eigenvalue weighted by Crippen LogP contribution is 2.46. The number of benzene rings is 1. The monoisotopic (exact) mass is 1080 g/mol. The van der Waals surface area contributed by atoms with E-state index in [0.717, 1.165) is 11.6 Å². The van der Waals surface area contributed by atoms with Crippen molar-refractivity contribution >= 4 is 17.8 Å². The summed E-state index contributed by atoms with van der Waals surface area (Å²) in [4.78, 5) is 39.2. The van der Waals surface area contributed by atoms with Crippen molar-refractivity contribution in [2.24, 2.45) is 17.3 Å². The van der Waals surface area contributed by atoms with Crippen LogP contribution in [0.25, 0.3) is 0 Å². The average molecular weight is 1080 g/mol. The number of hydrogen-bond donors (Lipinski definition) is 6. The van der Waals surface area contributed by atoms with Crippen molar-refractivity contribution in [3.05, 3.63) is 120 Å². The molecule has 4 aliphatic heterocycles. The first kappa shape index (κ1) is 63.1. The van der Waals surface area contributed by atoms with Crippen molar-refractivity contribution < 1.29 is 87.3 Å². The second kappa shape index (κ2) is 30.0. The van der Waals surface area contributed by atoms with Crippen LogP contribution in [0, 0.1) is 17.3 Å². The van der Waals surface area contributed by atoms with Crippen LogP contribution in [-0.4, -0.2) is 176 Å². The van der Waals surface area contributed by atoms with E-state index in [0.29, 0.717) is 12.0 Å². The largest absolute Gasteiger partial charge is 0.478 e. The van der Waals surface area contributed by atoms with Gasteiger partial charge < -0.3 is 78.2 Å². The Labute approximate surface area is 453 Å². The SMILES string of the molecule is C/C=C/C=C/[C@@H]1O[C@](O)(C(CO[C@H]2C[C@H](OC)[C@H](O[C@@H]3C[C@@H](OC)[C@@H](O)[C@H](C)O3)[C@H](C)O2)C(=O)NC/C=C/C=C(\C)C(OC)C(C)C2CC(O)C(/C=C/C=C/C=C/C(=O)O)O2)[C@H](OC(=O)Cc2ccccc2)[C@H](O)C1(C)C. The zero-order valence-electron chi connectivity index (χ0n) is 46.0. The van der Waals surface area contributed by atoms with Gasteiger partial charge in [0.1, 0.15) is 30.3 Å². The first-order chi connectivity index (χ1) is 36.7. The van der Waals surface area contributed by atoms with Gasteiger partial charge in [-0.3, -0.25) is 9.59 Å². The number of esters is 1. The lowest BCUT2D eigenvalue weighted by molar-refractivity contribution is -0.368. The molecule has 6 N–H and O–H groups in total. The molecule has 5 rings (SSSR count). The number of ether oxygens (including phenoxy) is 10. The van der Waals surface area contributed by atoms with E-state index in [1.54, 1.807) is 126 Å². The highest BCUT2D eigenvalue weighted by atomic mass is 16.7.